The minimum Gasteiger partial charge on any atom is -0.369 e. The molecule has 0 rings (SSSR count). The van der Waals surface area contributed by atoms with E-state index in [0.717, 1.165) is 13.0 Å². The molecule has 0 amide bonds. The Labute approximate surface area is 64.2 Å². The standard InChI is InChI=1S/C7H15O2P/c1-2-3-4-5-6-9-7-10-8/h2-7H2,1H3. The molecule has 0 aliphatic carbocycles. The van der Waals surface area contributed by atoms with Crippen molar-refractivity contribution in [2.45, 2.75) is 32.6 Å². The Morgan fingerprint density at radius 2 is 2.10 bits per heavy atom. The lowest BCUT2D eigenvalue weighted by Crippen LogP contribution is -1.91. The first kappa shape index (κ1) is 10.1. The fourth-order valence-electron chi connectivity index (χ4n) is 0.733. The van der Waals surface area contributed by atoms with Crippen molar-refractivity contribution in [1.29, 1.82) is 0 Å². The van der Waals surface area contributed by atoms with Gasteiger partial charge < -0.3 is 4.74 Å². The van der Waals surface area contributed by atoms with Gasteiger partial charge in [-0.1, -0.05) is 26.2 Å². The molecule has 60 valence electrons. The van der Waals surface area contributed by atoms with Gasteiger partial charge in [0, 0.05) is 6.61 Å². The van der Waals surface area contributed by atoms with Crippen molar-refractivity contribution >= 4 is 8.46 Å². The molecule has 0 saturated carbocycles. The van der Waals surface area contributed by atoms with E-state index in [0.29, 0.717) is 6.35 Å². The highest BCUT2D eigenvalue weighted by atomic mass is 31.1. The zero-order chi connectivity index (χ0) is 7.66. The van der Waals surface area contributed by atoms with Gasteiger partial charge in [-0.05, 0) is 6.42 Å². The summed E-state index contributed by atoms with van der Waals surface area (Å²) in [4.78, 5) is 0. The van der Waals surface area contributed by atoms with Gasteiger partial charge in [0.25, 0.3) is 0 Å². The van der Waals surface area contributed by atoms with Crippen LogP contribution in [0.15, 0.2) is 0 Å². The van der Waals surface area contributed by atoms with Crippen LogP contribution in [0, 0.1) is 0 Å². The van der Waals surface area contributed by atoms with Gasteiger partial charge >= 0.3 is 0 Å². The zero-order valence-corrected chi connectivity index (χ0v) is 7.40. The molecule has 0 radical (unpaired) electrons. The Morgan fingerprint density at radius 3 is 2.70 bits per heavy atom. The fraction of sp³-hybridized carbons (Fsp3) is 1.00. The van der Waals surface area contributed by atoms with E-state index in [1.807, 2.05) is 0 Å². The molecule has 3 heteroatoms. The summed E-state index contributed by atoms with van der Waals surface area (Å²) in [5.74, 6) is 0. The van der Waals surface area contributed by atoms with Gasteiger partial charge in [-0.2, -0.15) is 0 Å². The van der Waals surface area contributed by atoms with Crippen LogP contribution >= 0.6 is 8.46 Å². The fourth-order valence-corrected chi connectivity index (χ4v) is 0.936. The second-order valence-corrected chi connectivity index (χ2v) is 2.74. The molecule has 0 aromatic rings. The molecule has 2 nitrogen and oxygen atoms in total. The summed E-state index contributed by atoms with van der Waals surface area (Å²) < 4.78 is 14.9. The summed E-state index contributed by atoms with van der Waals surface area (Å²) in [6, 6.07) is 0. The molecule has 0 spiro atoms. The molecule has 0 bridgehead atoms. The molecular formula is C7H15O2P. The first-order valence-electron chi connectivity index (χ1n) is 3.78. The third-order valence-electron chi connectivity index (χ3n) is 1.29. The largest absolute Gasteiger partial charge is 0.369 e. The molecule has 0 aliphatic heterocycles. The number of rotatable bonds is 7. The lowest BCUT2D eigenvalue weighted by molar-refractivity contribution is 0.174. The van der Waals surface area contributed by atoms with Crippen LogP contribution in [-0.4, -0.2) is 13.0 Å². The van der Waals surface area contributed by atoms with Gasteiger partial charge in [0.2, 0.25) is 0 Å². The normalized spacial score (nSPS) is 10.5. The van der Waals surface area contributed by atoms with Gasteiger partial charge in [-0.15, -0.1) is 0 Å². The predicted molar refractivity (Wildman–Crippen MR) is 42.6 cm³/mol. The maximum atomic E-state index is 9.87. The van der Waals surface area contributed by atoms with E-state index >= 15 is 0 Å². The first-order valence-corrected chi connectivity index (χ1v) is 4.78. The third-order valence-corrected chi connectivity index (χ3v) is 1.57. The van der Waals surface area contributed by atoms with E-state index in [1.165, 1.54) is 19.3 Å². The molecule has 0 fully saturated rings. The van der Waals surface area contributed by atoms with E-state index < -0.39 is 0 Å². The minimum absolute atomic E-state index is 0.0955. The zero-order valence-electron chi connectivity index (χ0n) is 6.51. The average Bonchev–Trinajstić information content (AvgIpc) is 1.97. The summed E-state index contributed by atoms with van der Waals surface area (Å²) in [5, 5.41) is 0. The Balaban J connectivity index is 2.70. The van der Waals surface area contributed by atoms with Crippen LogP contribution < -0.4 is 0 Å². The number of hydrogen-bond donors (Lipinski definition) is 0. The quantitative estimate of drug-likeness (QED) is 0.425. The van der Waals surface area contributed by atoms with Crippen molar-refractivity contribution in [3.05, 3.63) is 0 Å². The lowest BCUT2D eigenvalue weighted by atomic mass is 10.2. The van der Waals surface area contributed by atoms with E-state index in [-0.39, 0.29) is 8.46 Å². The third kappa shape index (κ3) is 8.06. The molecule has 0 aromatic heterocycles. The number of hydrogen-bond acceptors (Lipinski definition) is 2. The van der Waals surface area contributed by atoms with Crippen molar-refractivity contribution in [3.8, 4) is 0 Å². The van der Waals surface area contributed by atoms with Crippen LogP contribution in [-0.2, 0) is 9.30 Å². The van der Waals surface area contributed by atoms with Crippen LogP contribution in [0.1, 0.15) is 32.6 Å². The first-order chi connectivity index (χ1) is 4.91. The van der Waals surface area contributed by atoms with E-state index in [9.17, 15) is 4.57 Å². The van der Waals surface area contributed by atoms with E-state index in [1.54, 1.807) is 0 Å². The summed E-state index contributed by atoms with van der Waals surface area (Å²) in [5.41, 5.74) is 0. The van der Waals surface area contributed by atoms with Gasteiger partial charge in [-0.25, -0.2) is 0 Å². The molecule has 0 aliphatic rings. The Bertz CT molecular complexity index is 76.0. The lowest BCUT2D eigenvalue weighted by Gasteiger charge is -1.97. The van der Waals surface area contributed by atoms with Crippen LogP contribution in [0.5, 0.6) is 0 Å². The SMILES string of the molecule is CCCCCCOCP=O. The van der Waals surface area contributed by atoms with E-state index in [4.69, 9.17) is 4.74 Å². The highest BCUT2D eigenvalue weighted by Crippen LogP contribution is 2.00. The maximum Gasteiger partial charge on any atom is 0.183 e. The van der Waals surface area contributed by atoms with E-state index in [2.05, 4.69) is 6.92 Å². The van der Waals surface area contributed by atoms with Gasteiger partial charge in [0.05, 0.1) is 0 Å². The monoisotopic (exact) mass is 162 g/mol. The molecular weight excluding hydrogens is 147 g/mol. The Kier molecular flexibility index (Phi) is 9.11. The Hall–Kier alpha value is 0.0600. The van der Waals surface area contributed by atoms with Crippen molar-refractivity contribution in [3.63, 3.8) is 0 Å². The molecule has 0 unspecified atom stereocenters. The summed E-state index contributed by atoms with van der Waals surface area (Å²) in [6.07, 6.45) is 5.21. The van der Waals surface area contributed by atoms with Gasteiger partial charge in [-0.3, -0.25) is 4.57 Å². The van der Waals surface area contributed by atoms with Crippen molar-refractivity contribution in [2.75, 3.05) is 13.0 Å². The van der Waals surface area contributed by atoms with Crippen molar-refractivity contribution in [2.24, 2.45) is 0 Å². The summed E-state index contributed by atoms with van der Waals surface area (Å²) in [6.45, 7) is 2.94. The molecule has 0 saturated heterocycles. The predicted octanol–water partition coefficient (Wildman–Crippen LogP) is 2.83. The van der Waals surface area contributed by atoms with Crippen LogP contribution in [0.3, 0.4) is 0 Å². The number of unbranched alkanes of at least 4 members (excludes halogenated alkanes) is 3. The second-order valence-electron chi connectivity index (χ2n) is 2.23. The minimum atomic E-state index is 0.0955. The van der Waals surface area contributed by atoms with Crippen LogP contribution in [0.25, 0.3) is 0 Å². The topological polar surface area (TPSA) is 26.3 Å². The highest BCUT2D eigenvalue weighted by Gasteiger charge is 1.87. The summed E-state index contributed by atoms with van der Waals surface area (Å²) >= 11 is 0. The molecule has 0 heterocycles. The highest BCUT2D eigenvalue weighted by molar-refractivity contribution is 7.23. The second kappa shape index (κ2) is 9.06. The Morgan fingerprint density at radius 1 is 1.30 bits per heavy atom. The molecule has 10 heavy (non-hydrogen) atoms. The van der Waals surface area contributed by atoms with Crippen LogP contribution in [0.2, 0.25) is 0 Å². The van der Waals surface area contributed by atoms with Gasteiger partial charge in [0.15, 0.2) is 8.46 Å². The smallest absolute Gasteiger partial charge is 0.183 e. The average molecular weight is 162 g/mol. The van der Waals surface area contributed by atoms with Gasteiger partial charge in [0.1, 0.15) is 6.35 Å². The maximum absolute atomic E-state index is 9.87. The number of ether oxygens (including phenoxy) is 1. The van der Waals surface area contributed by atoms with Crippen molar-refractivity contribution in [1.82, 2.24) is 0 Å². The molecule has 0 atom stereocenters. The van der Waals surface area contributed by atoms with Crippen molar-refractivity contribution < 1.29 is 9.30 Å². The summed E-state index contributed by atoms with van der Waals surface area (Å²) in [7, 11) is 0.0955. The molecule has 0 aromatic carbocycles. The van der Waals surface area contributed by atoms with Crippen LogP contribution in [0.4, 0.5) is 0 Å². The molecule has 0 N–H and O–H groups in total.